The van der Waals surface area contributed by atoms with Crippen LogP contribution >= 0.6 is 11.3 Å². The number of fused-ring (bicyclic) bond motifs is 3. The summed E-state index contributed by atoms with van der Waals surface area (Å²) in [6, 6.07) is 19.1. The Balaban J connectivity index is 1.66. The molecule has 3 aromatic heterocycles. The third kappa shape index (κ3) is 2.32. The van der Waals surface area contributed by atoms with E-state index in [0.717, 1.165) is 33.7 Å². The van der Waals surface area contributed by atoms with E-state index < -0.39 is 0 Å². The molecule has 2 aromatic carbocycles. The Morgan fingerprint density at radius 2 is 1.62 bits per heavy atom. The highest BCUT2D eigenvalue weighted by atomic mass is 32.1. The maximum absolute atomic E-state index is 4.60. The average Bonchev–Trinajstić information content (AvgIpc) is 3.32. The van der Waals surface area contributed by atoms with E-state index in [2.05, 4.69) is 76.0 Å². The smallest absolute Gasteiger partial charge is 0.173 e. The summed E-state index contributed by atoms with van der Waals surface area (Å²) in [5.74, 6) is 0.936. The SMILES string of the molecule is CCc1nnc2c3c(-c4ccc(-c5ccccc5)cc4)csc3ncn12. The Labute approximate surface area is 154 Å². The van der Waals surface area contributed by atoms with E-state index in [4.69, 9.17) is 0 Å². The average molecular weight is 356 g/mol. The van der Waals surface area contributed by atoms with Gasteiger partial charge in [-0.2, -0.15) is 0 Å². The standard InChI is InChI=1S/C21H16N4S/c1-2-18-23-24-20-19-17(12-26-21(19)22-13-25(18)20)16-10-8-15(9-11-16)14-6-4-3-5-7-14/h3-13H,2H2,1H3. The number of benzene rings is 2. The molecule has 26 heavy (non-hydrogen) atoms. The molecule has 5 rings (SSSR count). The molecule has 0 amide bonds. The lowest BCUT2D eigenvalue weighted by Gasteiger charge is -2.05. The number of rotatable bonds is 3. The minimum Gasteiger partial charge on any atom is -0.269 e. The molecule has 0 fully saturated rings. The summed E-state index contributed by atoms with van der Waals surface area (Å²) in [4.78, 5) is 5.60. The largest absolute Gasteiger partial charge is 0.269 e. The predicted octanol–water partition coefficient (Wildman–Crippen LogP) is 5.24. The highest BCUT2D eigenvalue weighted by molar-refractivity contribution is 7.17. The first-order chi connectivity index (χ1) is 12.8. The van der Waals surface area contributed by atoms with Crippen molar-refractivity contribution in [3.8, 4) is 22.3 Å². The van der Waals surface area contributed by atoms with E-state index in [9.17, 15) is 0 Å². The van der Waals surface area contributed by atoms with Crippen LogP contribution in [0.5, 0.6) is 0 Å². The van der Waals surface area contributed by atoms with E-state index in [1.807, 2.05) is 16.8 Å². The van der Waals surface area contributed by atoms with Crippen LogP contribution in [0.25, 0.3) is 38.1 Å². The zero-order valence-electron chi connectivity index (χ0n) is 14.3. The molecule has 0 atom stereocenters. The van der Waals surface area contributed by atoms with Crippen LogP contribution in [0.4, 0.5) is 0 Å². The van der Waals surface area contributed by atoms with Gasteiger partial charge < -0.3 is 0 Å². The molecule has 0 saturated heterocycles. The highest BCUT2D eigenvalue weighted by Crippen LogP contribution is 2.36. The van der Waals surface area contributed by atoms with Gasteiger partial charge in [-0.05, 0) is 16.7 Å². The van der Waals surface area contributed by atoms with Crippen molar-refractivity contribution in [2.45, 2.75) is 13.3 Å². The van der Waals surface area contributed by atoms with Gasteiger partial charge in [0.05, 0.1) is 5.39 Å². The first-order valence-electron chi connectivity index (χ1n) is 8.61. The molecule has 4 nitrogen and oxygen atoms in total. The van der Waals surface area contributed by atoms with Crippen molar-refractivity contribution in [3.05, 3.63) is 72.1 Å². The van der Waals surface area contributed by atoms with Crippen molar-refractivity contribution in [1.29, 1.82) is 0 Å². The molecule has 0 saturated carbocycles. The molecule has 0 unspecified atom stereocenters. The zero-order chi connectivity index (χ0) is 17.5. The second kappa shape index (κ2) is 6.04. The first kappa shape index (κ1) is 15.2. The summed E-state index contributed by atoms with van der Waals surface area (Å²) in [6.45, 7) is 2.08. The molecule has 5 heteroatoms. The molecule has 126 valence electrons. The number of nitrogens with zero attached hydrogens (tertiary/aromatic N) is 4. The highest BCUT2D eigenvalue weighted by Gasteiger charge is 2.15. The second-order valence-corrected chi connectivity index (χ2v) is 7.04. The van der Waals surface area contributed by atoms with Gasteiger partial charge in [0.25, 0.3) is 0 Å². The van der Waals surface area contributed by atoms with Crippen molar-refractivity contribution in [1.82, 2.24) is 19.6 Å². The summed E-state index contributed by atoms with van der Waals surface area (Å²) >= 11 is 1.65. The normalized spacial score (nSPS) is 11.4. The third-order valence-corrected chi connectivity index (χ3v) is 5.56. The lowest BCUT2D eigenvalue weighted by Crippen LogP contribution is -1.93. The molecular weight excluding hydrogens is 340 g/mol. The van der Waals surface area contributed by atoms with Gasteiger partial charge in [-0.15, -0.1) is 21.5 Å². The maximum Gasteiger partial charge on any atom is 0.173 e. The fourth-order valence-corrected chi connectivity index (χ4v) is 4.22. The van der Waals surface area contributed by atoms with E-state index >= 15 is 0 Å². The van der Waals surface area contributed by atoms with Crippen molar-refractivity contribution >= 4 is 27.2 Å². The van der Waals surface area contributed by atoms with Crippen LogP contribution in [0.15, 0.2) is 66.3 Å². The molecule has 0 bridgehead atoms. The van der Waals surface area contributed by atoms with Crippen molar-refractivity contribution in [2.24, 2.45) is 0 Å². The fraction of sp³-hybridized carbons (Fsp3) is 0.0952. The number of hydrogen-bond acceptors (Lipinski definition) is 4. The Morgan fingerprint density at radius 3 is 2.38 bits per heavy atom. The number of hydrogen-bond donors (Lipinski definition) is 0. The van der Waals surface area contributed by atoms with Crippen LogP contribution in [0.2, 0.25) is 0 Å². The topological polar surface area (TPSA) is 43.1 Å². The van der Waals surface area contributed by atoms with Crippen LogP contribution in [0, 0.1) is 0 Å². The van der Waals surface area contributed by atoms with Crippen molar-refractivity contribution in [2.75, 3.05) is 0 Å². The maximum atomic E-state index is 4.60. The molecule has 0 aliphatic rings. The van der Waals surface area contributed by atoms with Gasteiger partial charge in [0.1, 0.15) is 17.0 Å². The molecule has 0 aliphatic carbocycles. The van der Waals surface area contributed by atoms with Gasteiger partial charge in [0, 0.05) is 17.4 Å². The molecule has 5 aromatic rings. The van der Waals surface area contributed by atoms with Crippen LogP contribution in [0.3, 0.4) is 0 Å². The first-order valence-corrected chi connectivity index (χ1v) is 9.49. The summed E-state index contributed by atoms with van der Waals surface area (Å²) in [6.07, 6.45) is 2.66. The van der Waals surface area contributed by atoms with E-state index in [0.29, 0.717) is 0 Å². The van der Waals surface area contributed by atoms with E-state index in [1.165, 1.54) is 16.7 Å². The van der Waals surface area contributed by atoms with Crippen LogP contribution < -0.4 is 0 Å². The summed E-state index contributed by atoms with van der Waals surface area (Å²) in [5, 5.41) is 12.0. The lowest BCUT2D eigenvalue weighted by molar-refractivity contribution is 0.900. The fourth-order valence-electron chi connectivity index (χ4n) is 3.31. The molecule has 3 heterocycles. The second-order valence-electron chi connectivity index (χ2n) is 6.18. The lowest BCUT2D eigenvalue weighted by atomic mass is 10.0. The molecule has 0 radical (unpaired) electrons. The monoisotopic (exact) mass is 356 g/mol. The Kier molecular flexibility index (Phi) is 3.53. The summed E-state index contributed by atoms with van der Waals surface area (Å²) in [5.41, 5.74) is 5.66. The quantitative estimate of drug-likeness (QED) is 0.444. The summed E-state index contributed by atoms with van der Waals surface area (Å²) < 4.78 is 2.00. The van der Waals surface area contributed by atoms with Gasteiger partial charge in [-0.1, -0.05) is 61.5 Å². The number of thiophene rings is 1. The molecule has 0 N–H and O–H groups in total. The molecular formula is C21H16N4S. The van der Waals surface area contributed by atoms with Gasteiger partial charge in [0.15, 0.2) is 5.65 Å². The van der Waals surface area contributed by atoms with E-state index in [1.54, 1.807) is 11.3 Å². The minimum atomic E-state index is 0.833. The van der Waals surface area contributed by atoms with Gasteiger partial charge >= 0.3 is 0 Å². The van der Waals surface area contributed by atoms with Gasteiger partial charge in [-0.25, -0.2) is 4.98 Å². The molecule has 0 spiro atoms. The van der Waals surface area contributed by atoms with Crippen molar-refractivity contribution in [3.63, 3.8) is 0 Å². The Bertz CT molecular complexity index is 1200. The van der Waals surface area contributed by atoms with Gasteiger partial charge in [0.2, 0.25) is 0 Å². The Hall–Kier alpha value is -3.05. The Morgan fingerprint density at radius 1 is 0.885 bits per heavy atom. The van der Waals surface area contributed by atoms with Crippen LogP contribution in [-0.4, -0.2) is 19.6 Å². The number of aromatic nitrogens is 4. The van der Waals surface area contributed by atoms with Crippen LogP contribution in [-0.2, 0) is 6.42 Å². The minimum absolute atomic E-state index is 0.833. The number of aryl methyl sites for hydroxylation is 1. The van der Waals surface area contributed by atoms with E-state index in [-0.39, 0.29) is 0 Å². The third-order valence-electron chi connectivity index (χ3n) is 4.67. The van der Waals surface area contributed by atoms with Gasteiger partial charge in [-0.3, -0.25) is 4.40 Å². The van der Waals surface area contributed by atoms with Crippen LogP contribution in [0.1, 0.15) is 12.7 Å². The summed E-state index contributed by atoms with van der Waals surface area (Å²) in [7, 11) is 0. The zero-order valence-corrected chi connectivity index (χ0v) is 15.1. The predicted molar refractivity (Wildman–Crippen MR) is 106 cm³/mol. The molecule has 0 aliphatic heterocycles. The van der Waals surface area contributed by atoms with Crippen molar-refractivity contribution < 1.29 is 0 Å².